The molecule has 0 amide bonds. The Balaban J connectivity index is 0.00000189. The topological polar surface area (TPSA) is 94.0 Å². The maximum atomic E-state index is 10.9. The standard InChI is InChI=1S/C39H77NO.C8H12O3S/c1-3-5-7-9-11-13-15-17-19-21-23-25-27-29-31-33-35-39(40-37-38-41)36-34-32-30-28-26-24-22-20-18-16-14-12-10-8-6-4-2;1-7-5-3-4-6-8(7,2)12(9,10)11/h17-20,39-41H,3-16,21-38H2,1-2H3;3-7H,1-2H3,(H,9,10,11)/b19-17-,20-18-;. The van der Waals surface area contributed by atoms with Crippen molar-refractivity contribution >= 4 is 10.1 Å². The molecule has 5 nitrogen and oxygen atoms in total. The van der Waals surface area contributed by atoms with E-state index in [0.717, 1.165) is 12.6 Å². The van der Waals surface area contributed by atoms with E-state index < -0.39 is 14.9 Å². The molecule has 53 heavy (non-hydrogen) atoms. The highest BCUT2D eigenvalue weighted by atomic mass is 32.2. The van der Waals surface area contributed by atoms with Crippen LogP contribution in [-0.4, -0.2) is 42.0 Å². The summed E-state index contributed by atoms with van der Waals surface area (Å²) in [6.45, 7) is 8.94. The fourth-order valence-corrected chi connectivity index (χ4v) is 7.91. The van der Waals surface area contributed by atoms with Gasteiger partial charge in [0.2, 0.25) is 0 Å². The molecular weight excluding hydrogens is 675 g/mol. The second kappa shape index (κ2) is 37.7. The van der Waals surface area contributed by atoms with Gasteiger partial charge in [-0.2, -0.15) is 0 Å². The van der Waals surface area contributed by atoms with Gasteiger partial charge in [0.1, 0.15) is 10.1 Å². The van der Waals surface area contributed by atoms with Gasteiger partial charge >= 0.3 is 0 Å². The number of aliphatic hydroxyl groups is 1. The monoisotopic (exact) mass is 764 g/mol. The van der Waals surface area contributed by atoms with E-state index in [0.29, 0.717) is 6.61 Å². The summed E-state index contributed by atoms with van der Waals surface area (Å²) in [5, 5.41) is 11.7. The molecule has 0 saturated carbocycles. The molecule has 0 radical (unpaired) electrons. The van der Waals surface area contributed by atoms with Gasteiger partial charge in [-0.05, 0) is 89.9 Å². The third-order valence-electron chi connectivity index (χ3n) is 11.2. The van der Waals surface area contributed by atoms with Crippen molar-refractivity contribution in [2.75, 3.05) is 13.2 Å². The molecule has 2 atom stereocenters. The van der Waals surface area contributed by atoms with Gasteiger partial charge in [-0.25, -0.2) is 8.42 Å². The molecule has 0 saturated heterocycles. The molecule has 0 spiro atoms. The van der Waals surface area contributed by atoms with Crippen molar-refractivity contribution in [2.45, 2.75) is 231 Å². The average molecular weight is 764 g/mol. The Bertz CT molecular complexity index is 962. The van der Waals surface area contributed by atoms with E-state index in [2.05, 4.69) is 43.5 Å². The Morgan fingerprint density at radius 3 is 1.30 bits per heavy atom. The summed E-state index contributed by atoms with van der Waals surface area (Å²) in [5.41, 5.74) is 0. The van der Waals surface area contributed by atoms with E-state index in [4.69, 9.17) is 0 Å². The minimum atomic E-state index is -4.26. The highest BCUT2D eigenvalue weighted by molar-refractivity contribution is 7.87. The molecular formula is C47H89NO4S. The van der Waals surface area contributed by atoms with Crippen molar-refractivity contribution in [3.8, 4) is 0 Å². The first-order valence-electron chi connectivity index (χ1n) is 22.8. The highest BCUT2D eigenvalue weighted by Crippen LogP contribution is 2.31. The Labute approximate surface area is 331 Å². The van der Waals surface area contributed by atoms with Crippen molar-refractivity contribution < 1.29 is 23.4 Å². The van der Waals surface area contributed by atoms with Crippen LogP contribution in [0.1, 0.15) is 220 Å². The quantitative estimate of drug-likeness (QED) is 0.0377. The Kier molecular flexibility index (Phi) is 36.8. The van der Waals surface area contributed by atoms with Gasteiger partial charge in [0, 0.05) is 0 Å². The third kappa shape index (κ3) is 31.7. The lowest BCUT2D eigenvalue weighted by molar-refractivity contribution is -0.691. The SMILES string of the molecule is CC1C=CC=CC1(C)S(=O)(=O)[O-].CCCCCCCC/C=C\CCCCCCCCC(CCCCCCCC/C=C\CCCCCCCC)[NH2+]CCO. The number of nitrogens with two attached hydrogens (primary N) is 1. The molecule has 0 aromatic rings. The van der Waals surface area contributed by atoms with Gasteiger partial charge < -0.3 is 15.0 Å². The number of hydrogen-bond acceptors (Lipinski definition) is 4. The zero-order valence-electron chi connectivity index (χ0n) is 35.6. The number of hydrogen-bond donors (Lipinski definition) is 2. The number of unbranched alkanes of at least 4 members (excludes halogenated alkanes) is 24. The van der Waals surface area contributed by atoms with Crippen molar-refractivity contribution in [1.29, 1.82) is 0 Å². The summed E-state index contributed by atoms with van der Waals surface area (Å²) in [7, 11) is -4.26. The Morgan fingerprint density at radius 1 is 0.623 bits per heavy atom. The lowest BCUT2D eigenvalue weighted by Crippen LogP contribution is -2.90. The molecule has 0 aliphatic heterocycles. The largest absolute Gasteiger partial charge is 0.747 e. The zero-order chi connectivity index (χ0) is 39.1. The van der Waals surface area contributed by atoms with Crippen LogP contribution in [0.4, 0.5) is 0 Å². The minimum absolute atomic E-state index is 0.259. The number of aliphatic hydroxyl groups excluding tert-OH is 1. The van der Waals surface area contributed by atoms with Crippen LogP contribution in [0, 0.1) is 5.92 Å². The summed E-state index contributed by atoms with van der Waals surface area (Å²) in [4.78, 5) is 0. The highest BCUT2D eigenvalue weighted by Gasteiger charge is 2.35. The molecule has 312 valence electrons. The van der Waals surface area contributed by atoms with Gasteiger partial charge in [0.05, 0.1) is 23.9 Å². The maximum absolute atomic E-state index is 10.9. The predicted molar refractivity (Wildman–Crippen MR) is 231 cm³/mol. The smallest absolute Gasteiger partial charge is 0.104 e. The van der Waals surface area contributed by atoms with Crippen LogP contribution in [-0.2, 0) is 10.1 Å². The van der Waals surface area contributed by atoms with E-state index in [1.807, 2.05) is 0 Å². The molecule has 0 heterocycles. The molecule has 1 aliphatic rings. The fraction of sp³-hybridized carbons (Fsp3) is 0.830. The van der Waals surface area contributed by atoms with Crippen LogP contribution >= 0.6 is 0 Å². The van der Waals surface area contributed by atoms with Crippen LogP contribution in [0.5, 0.6) is 0 Å². The van der Waals surface area contributed by atoms with Gasteiger partial charge in [0.25, 0.3) is 0 Å². The molecule has 0 bridgehead atoms. The van der Waals surface area contributed by atoms with Gasteiger partial charge in [-0.1, -0.05) is 185 Å². The second-order valence-electron chi connectivity index (χ2n) is 16.1. The number of quaternary nitrogens is 1. The van der Waals surface area contributed by atoms with Gasteiger partial charge in [-0.15, -0.1) is 0 Å². The Morgan fingerprint density at radius 2 is 0.981 bits per heavy atom. The fourth-order valence-electron chi connectivity index (χ4n) is 7.13. The maximum Gasteiger partial charge on any atom is 0.104 e. The van der Waals surface area contributed by atoms with E-state index in [1.165, 1.54) is 206 Å². The van der Waals surface area contributed by atoms with Crippen LogP contribution in [0.3, 0.4) is 0 Å². The third-order valence-corrected chi connectivity index (χ3v) is 12.8. The first-order chi connectivity index (χ1) is 25.7. The van der Waals surface area contributed by atoms with E-state index in [9.17, 15) is 18.1 Å². The summed E-state index contributed by atoms with van der Waals surface area (Å²) in [5.74, 6) is -0.259. The second-order valence-corrected chi connectivity index (χ2v) is 17.9. The van der Waals surface area contributed by atoms with Crippen LogP contribution < -0.4 is 5.32 Å². The minimum Gasteiger partial charge on any atom is -0.747 e. The van der Waals surface area contributed by atoms with Gasteiger partial charge in [-0.3, -0.25) is 0 Å². The zero-order valence-corrected chi connectivity index (χ0v) is 36.4. The van der Waals surface area contributed by atoms with E-state index in [1.54, 1.807) is 25.2 Å². The normalized spacial score (nSPS) is 17.4. The van der Waals surface area contributed by atoms with Crippen molar-refractivity contribution in [1.82, 2.24) is 0 Å². The molecule has 6 heteroatoms. The number of allylic oxidation sites excluding steroid dienone is 7. The van der Waals surface area contributed by atoms with Crippen molar-refractivity contribution in [3.63, 3.8) is 0 Å². The average Bonchev–Trinajstić information content (AvgIpc) is 3.14. The molecule has 3 N–H and O–H groups in total. The van der Waals surface area contributed by atoms with Gasteiger partial charge in [0.15, 0.2) is 0 Å². The summed E-state index contributed by atoms with van der Waals surface area (Å²) in [6.07, 6.45) is 57.6. The molecule has 0 aromatic heterocycles. The molecule has 1 aliphatic carbocycles. The van der Waals surface area contributed by atoms with Crippen LogP contribution in [0.2, 0.25) is 0 Å². The summed E-state index contributed by atoms with van der Waals surface area (Å²) in [6, 6.07) is 0.732. The molecule has 0 aromatic carbocycles. The summed E-state index contributed by atoms with van der Waals surface area (Å²) >= 11 is 0. The van der Waals surface area contributed by atoms with E-state index >= 15 is 0 Å². The van der Waals surface area contributed by atoms with Crippen LogP contribution in [0.15, 0.2) is 48.6 Å². The predicted octanol–water partition coefficient (Wildman–Crippen LogP) is 12.8. The number of rotatable bonds is 36. The van der Waals surface area contributed by atoms with Crippen molar-refractivity contribution in [3.05, 3.63) is 48.6 Å². The lowest BCUT2D eigenvalue weighted by Gasteiger charge is -2.35. The molecule has 1 rings (SSSR count). The van der Waals surface area contributed by atoms with E-state index in [-0.39, 0.29) is 5.92 Å². The lowest BCUT2D eigenvalue weighted by atomic mass is 9.91. The van der Waals surface area contributed by atoms with Crippen LogP contribution in [0.25, 0.3) is 0 Å². The Hall–Kier alpha value is -1.21. The molecule has 2 unspecified atom stereocenters. The first-order valence-corrected chi connectivity index (χ1v) is 24.2. The molecule has 0 fully saturated rings. The van der Waals surface area contributed by atoms with Crippen molar-refractivity contribution in [2.24, 2.45) is 5.92 Å². The summed E-state index contributed by atoms with van der Waals surface area (Å²) < 4.78 is 31.4. The first kappa shape index (κ1) is 51.8.